The molecule has 1 amide bonds. The van der Waals surface area contributed by atoms with Crippen molar-refractivity contribution in [3.63, 3.8) is 0 Å². The molecule has 23 heavy (non-hydrogen) atoms. The highest BCUT2D eigenvalue weighted by molar-refractivity contribution is 5.95. The van der Waals surface area contributed by atoms with E-state index in [9.17, 15) is 9.59 Å². The lowest BCUT2D eigenvalue weighted by Gasteiger charge is -2.34. The number of likely N-dealkylation sites (tertiary alicyclic amines) is 1. The number of aromatic nitrogens is 1. The maximum atomic E-state index is 12.7. The Bertz CT molecular complexity index is 634. The van der Waals surface area contributed by atoms with E-state index in [1.807, 2.05) is 6.92 Å². The first-order valence-electron chi connectivity index (χ1n) is 8.38. The Hall–Kier alpha value is -1.66. The van der Waals surface area contributed by atoms with Gasteiger partial charge in [0, 0.05) is 38.6 Å². The van der Waals surface area contributed by atoms with Gasteiger partial charge in [0.15, 0.2) is 0 Å². The van der Waals surface area contributed by atoms with E-state index in [0.29, 0.717) is 6.04 Å². The molecule has 126 valence electrons. The number of aryl methyl sites for hydroxylation is 2. The van der Waals surface area contributed by atoms with Gasteiger partial charge in [0.25, 0.3) is 5.56 Å². The number of hydrogen-bond donors (Lipinski definition) is 1. The van der Waals surface area contributed by atoms with E-state index >= 15 is 0 Å². The smallest absolute Gasteiger partial charge is 0.250 e. The number of amides is 1. The van der Waals surface area contributed by atoms with Crippen LogP contribution in [0.15, 0.2) is 17.1 Å². The fraction of sp³-hybridized carbons (Fsp3) is 0.647. The summed E-state index contributed by atoms with van der Waals surface area (Å²) in [7, 11) is 1.70. The highest BCUT2D eigenvalue weighted by Gasteiger charge is 2.36. The molecule has 6 heteroatoms. The number of ether oxygens (including phenoxy) is 1. The van der Waals surface area contributed by atoms with Crippen molar-refractivity contribution in [2.45, 2.75) is 44.7 Å². The normalized spacial score (nSPS) is 23.1. The molecule has 2 aliphatic rings. The van der Waals surface area contributed by atoms with Gasteiger partial charge in [-0.25, -0.2) is 0 Å². The monoisotopic (exact) mass is 319 g/mol. The zero-order valence-corrected chi connectivity index (χ0v) is 13.9. The van der Waals surface area contributed by atoms with E-state index in [1.54, 1.807) is 19.3 Å². The van der Waals surface area contributed by atoms with E-state index in [-0.39, 0.29) is 17.5 Å². The van der Waals surface area contributed by atoms with Crippen LogP contribution in [0.4, 0.5) is 5.69 Å². The Morgan fingerprint density at radius 1 is 1.30 bits per heavy atom. The zero-order valence-electron chi connectivity index (χ0n) is 13.9. The van der Waals surface area contributed by atoms with Crippen molar-refractivity contribution in [2.24, 2.45) is 7.05 Å². The summed E-state index contributed by atoms with van der Waals surface area (Å²) in [5.41, 5.74) is 1.46. The molecular weight excluding hydrogens is 294 g/mol. The number of hydrogen-bond acceptors (Lipinski definition) is 4. The predicted molar refractivity (Wildman–Crippen MR) is 88.6 cm³/mol. The lowest BCUT2D eigenvalue weighted by Crippen LogP contribution is -2.47. The molecule has 1 N–H and O–H groups in total. The van der Waals surface area contributed by atoms with Gasteiger partial charge in [0.1, 0.15) is 0 Å². The van der Waals surface area contributed by atoms with Crippen LogP contribution in [0.2, 0.25) is 0 Å². The Labute approximate surface area is 136 Å². The first-order valence-corrected chi connectivity index (χ1v) is 8.38. The summed E-state index contributed by atoms with van der Waals surface area (Å²) in [6.07, 6.45) is 5.66. The molecule has 2 fully saturated rings. The molecule has 3 heterocycles. The Morgan fingerprint density at radius 3 is 2.78 bits per heavy atom. The summed E-state index contributed by atoms with van der Waals surface area (Å²) in [6, 6.07) is 1.93. The van der Waals surface area contributed by atoms with Crippen LogP contribution in [0.25, 0.3) is 0 Å². The summed E-state index contributed by atoms with van der Waals surface area (Å²) < 4.78 is 6.92. The van der Waals surface area contributed by atoms with Crippen LogP contribution in [0, 0.1) is 6.92 Å². The second-order valence-electron chi connectivity index (χ2n) is 6.55. The average molecular weight is 319 g/mol. The molecular formula is C17H25N3O3. The first-order chi connectivity index (χ1) is 11.1. The summed E-state index contributed by atoms with van der Waals surface area (Å²) in [5.74, 6) is 0.0377. The first kappa shape index (κ1) is 16.2. The van der Waals surface area contributed by atoms with Crippen LogP contribution in [0.5, 0.6) is 0 Å². The number of carbonyl (C=O) groups excluding carboxylic acids is 1. The van der Waals surface area contributed by atoms with Gasteiger partial charge in [0.2, 0.25) is 5.91 Å². The predicted octanol–water partition coefficient (Wildman–Crippen LogP) is 1.28. The minimum absolute atomic E-state index is 0.0377. The van der Waals surface area contributed by atoms with Crippen LogP contribution < -0.4 is 10.9 Å². The molecule has 2 aliphatic heterocycles. The largest absolute Gasteiger partial charge is 0.381 e. The molecule has 0 saturated carbocycles. The van der Waals surface area contributed by atoms with Crippen LogP contribution in [-0.4, -0.2) is 47.2 Å². The van der Waals surface area contributed by atoms with E-state index in [2.05, 4.69) is 10.2 Å². The lowest BCUT2D eigenvalue weighted by atomic mass is 10.1. The van der Waals surface area contributed by atoms with Gasteiger partial charge in [-0.2, -0.15) is 0 Å². The van der Waals surface area contributed by atoms with Crippen molar-refractivity contribution in [1.82, 2.24) is 9.47 Å². The molecule has 3 rings (SSSR count). The van der Waals surface area contributed by atoms with E-state index < -0.39 is 0 Å². The highest BCUT2D eigenvalue weighted by atomic mass is 16.5. The van der Waals surface area contributed by atoms with Gasteiger partial charge in [0.05, 0.1) is 11.7 Å². The standard InChI is InChI=1S/C17H25N3O3/c1-12-10-16(21)19(2)11-14(12)18-17(22)15-4-3-7-20(15)13-5-8-23-9-6-13/h10-11,13,15H,3-9H2,1-2H3,(H,18,22). The van der Waals surface area contributed by atoms with Crippen molar-refractivity contribution >= 4 is 11.6 Å². The van der Waals surface area contributed by atoms with E-state index in [1.165, 1.54) is 4.57 Å². The highest BCUT2D eigenvalue weighted by Crippen LogP contribution is 2.26. The molecule has 0 bridgehead atoms. The molecule has 2 saturated heterocycles. The van der Waals surface area contributed by atoms with Crippen molar-refractivity contribution in [3.8, 4) is 0 Å². The van der Waals surface area contributed by atoms with Crippen LogP contribution in [0.1, 0.15) is 31.2 Å². The van der Waals surface area contributed by atoms with E-state index in [0.717, 1.165) is 56.7 Å². The topological polar surface area (TPSA) is 63.6 Å². The molecule has 6 nitrogen and oxygen atoms in total. The molecule has 0 aliphatic carbocycles. The summed E-state index contributed by atoms with van der Waals surface area (Å²) >= 11 is 0. The molecule has 1 unspecified atom stereocenters. The van der Waals surface area contributed by atoms with Gasteiger partial charge in [-0.1, -0.05) is 0 Å². The number of rotatable bonds is 3. The summed E-state index contributed by atoms with van der Waals surface area (Å²) in [4.78, 5) is 26.7. The third-order valence-corrected chi connectivity index (χ3v) is 4.95. The van der Waals surface area contributed by atoms with Gasteiger partial charge >= 0.3 is 0 Å². The number of nitrogens with zero attached hydrogens (tertiary/aromatic N) is 2. The lowest BCUT2D eigenvalue weighted by molar-refractivity contribution is -0.121. The molecule has 1 atom stereocenters. The summed E-state index contributed by atoms with van der Waals surface area (Å²) in [5, 5.41) is 3.02. The fourth-order valence-corrected chi connectivity index (χ4v) is 3.60. The van der Waals surface area contributed by atoms with E-state index in [4.69, 9.17) is 4.74 Å². The van der Waals surface area contributed by atoms with Crippen molar-refractivity contribution < 1.29 is 9.53 Å². The van der Waals surface area contributed by atoms with Gasteiger partial charge in [-0.05, 0) is 44.7 Å². The molecule has 0 radical (unpaired) electrons. The maximum Gasteiger partial charge on any atom is 0.250 e. The van der Waals surface area contributed by atoms with Gasteiger partial charge in [-0.15, -0.1) is 0 Å². The number of carbonyl (C=O) groups is 1. The molecule has 1 aromatic heterocycles. The minimum atomic E-state index is -0.0743. The Balaban J connectivity index is 1.72. The third kappa shape index (κ3) is 3.48. The second kappa shape index (κ2) is 6.84. The van der Waals surface area contributed by atoms with Gasteiger partial charge in [-0.3, -0.25) is 14.5 Å². The van der Waals surface area contributed by atoms with Crippen LogP contribution in [-0.2, 0) is 16.6 Å². The zero-order chi connectivity index (χ0) is 16.4. The van der Waals surface area contributed by atoms with Gasteiger partial charge < -0.3 is 14.6 Å². The van der Waals surface area contributed by atoms with Crippen LogP contribution >= 0.6 is 0 Å². The Kier molecular flexibility index (Phi) is 4.82. The van der Waals surface area contributed by atoms with Crippen molar-refractivity contribution in [3.05, 3.63) is 28.2 Å². The number of pyridine rings is 1. The Morgan fingerprint density at radius 2 is 2.04 bits per heavy atom. The molecule has 0 aromatic carbocycles. The minimum Gasteiger partial charge on any atom is -0.381 e. The summed E-state index contributed by atoms with van der Waals surface area (Å²) in [6.45, 7) is 4.40. The third-order valence-electron chi connectivity index (χ3n) is 4.95. The second-order valence-corrected chi connectivity index (χ2v) is 6.55. The number of anilines is 1. The van der Waals surface area contributed by atoms with Crippen molar-refractivity contribution in [1.29, 1.82) is 0 Å². The van der Waals surface area contributed by atoms with Crippen LogP contribution in [0.3, 0.4) is 0 Å². The number of nitrogens with one attached hydrogen (secondary N) is 1. The maximum absolute atomic E-state index is 12.7. The average Bonchev–Trinajstić information content (AvgIpc) is 3.03. The SMILES string of the molecule is Cc1cc(=O)n(C)cc1NC(=O)C1CCCN1C1CCOCC1. The fourth-order valence-electron chi connectivity index (χ4n) is 3.60. The quantitative estimate of drug-likeness (QED) is 0.911. The molecule has 1 aromatic rings. The van der Waals surface area contributed by atoms with Crippen molar-refractivity contribution in [2.75, 3.05) is 25.1 Å². The molecule has 0 spiro atoms.